The molecular formula is C12H9FN4O2. The lowest BCUT2D eigenvalue weighted by Gasteiger charge is -2.07. The Morgan fingerprint density at radius 3 is 2.68 bits per heavy atom. The predicted octanol–water partition coefficient (Wildman–Crippen LogP) is 1.49. The van der Waals surface area contributed by atoms with Crippen LogP contribution in [0.2, 0.25) is 0 Å². The number of carbonyl (C=O) groups excluding carboxylic acids is 1. The van der Waals surface area contributed by atoms with E-state index in [4.69, 9.17) is 4.52 Å². The van der Waals surface area contributed by atoms with Gasteiger partial charge in [-0.2, -0.15) is 10.1 Å². The van der Waals surface area contributed by atoms with Crippen LogP contribution in [-0.4, -0.2) is 21.8 Å². The Kier molecular flexibility index (Phi) is 2.79. The van der Waals surface area contributed by atoms with Gasteiger partial charge in [0.25, 0.3) is 5.89 Å². The van der Waals surface area contributed by atoms with Crippen molar-refractivity contribution in [2.45, 2.75) is 12.8 Å². The first-order valence-corrected chi connectivity index (χ1v) is 5.68. The van der Waals surface area contributed by atoms with Crippen LogP contribution in [0.15, 0.2) is 33.9 Å². The minimum absolute atomic E-state index is 0.137. The lowest BCUT2D eigenvalue weighted by Crippen LogP contribution is -2.26. The van der Waals surface area contributed by atoms with Gasteiger partial charge in [-0.15, -0.1) is 0 Å². The number of benzene rings is 1. The largest absolute Gasteiger partial charge is 0.332 e. The highest BCUT2D eigenvalue weighted by Crippen LogP contribution is 2.17. The first-order chi connectivity index (χ1) is 9.22. The summed E-state index contributed by atoms with van der Waals surface area (Å²) in [6, 6.07) is 5.77. The van der Waals surface area contributed by atoms with Crippen molar-refractivity contribution in [3.05, 3.63) is 36.0 Å². The normalized spacial score (nSPS) is 15.0. The topological polar surface area (TPSA) is 80.4 Å². The lowest BCUT2D eigenvalue weighted by atomic mass is 10.2. The van der Waals surface area contributed by atoms with Crippen LogP contribution in [-0.2, 0) is 4.79 Å². The molecule has 19 heavy (non-hydrogen) atoms. The van der Waals surface area contributed by atoms with Gasteiger partial charge in [-0.05, 0) is 24.3 Å². The number of hydrogen-bond donors (Lipinski definition) is 1. The zero-order valence-corrected chi connectivity index (χ0v) is 9.76. The van der Waals surface area contributed by atoms with Crippen molar-refractivity contribution in [1.29, 1.82) is 0 Å². The van der Waals surface area contributed by atoms with E-state index >= 15 is 0 Å². The van der Waals surface area contributed by atoms with Gasteiger partial charge in [-0.25, -0.2) is 9.82 Å². The van der Waals surface area contributed by atoms with Gasteiger partial charge in [0.05, 0.1) is 0 Å². The zero-order chi connectivity index (χ0) is 13.2. The van der Waals surface area contributed by atoms with Crippen LogP contribution in [0.4, 0.5) is 4.39 Å². The Labute approximate surface area is 107 Å². The van der Waals surface area contributed by atoms with E-state index in [0.717, 1.165) is 0 Å². The average Bonchev–Trinajstić information content (AvgIpc) is 2.90. The average molecular weight is 260 g/mol. The first-order valence-electron chi connectivity index (χ1n) is 5.68. The molecule has 0 radical (unpaired) electrons. The second kappa shape index (κ2) is 4.60. The number of aromatic nitrogens is 2. The standard InChI is InChI=1S/C12H9FN4O2/c13-8-3-1-7(2-4-8)11-14-12(19-17-11)9-5-6-10(18)16-15-9/h1-4H,5-6H2,(H,16,18). The fourth-order valence-corrected chi connectivity index (χ4v) is 1.69. The molecule has 0 unspecified atom stereocenters. The van der Waals surface area contributed by atoms with Crippen molar-refractivity contribution >= 4 is 11.6 Å². The molecule has 1 aromatic carbocycles. The highest BCUT2D eigenvalue weighted by molar-refractivity contribution is 6.01. The molecule has 0 spiro atoms. The van der Waals surface area contributed by atoms with Crippen LogP contribution in [0.1, 0.15) is 18.7 Å². The minimum atomic E-state index is -0.327. The number of hydrogen-bond acceptors (Lipinski definition) is 5. The smallest absolute Gasteiger partial charge is 0.274 e. The highest BCUT2D eigenvalue weighted by Gasteiger charge is 2.19. The van der Waals surface area contributed by atoms with Crippen molar-refractivity contribution in [3.8, 4) is 11.4 Å². The molecule has 7 heteroatoms. The van der Waals surface area contributed by atoms with Gasteiger partial charge in [0.15, 0.2) is 0 Å². The Morgan fingerprint density at radius 2 is 2.00 bits per heavy atom. The molecule has 0 saturated carbocycles. The van der Waals surface area contributed by atoms with Crippen LogP contribution >= 0.6 is 0 Å². The van der Waals surface area contributed by atoms with E-state index in [2.05, 4.69) is 20.7 Å². The molecule has 96 valence electrons. The van der Waals surface area contributed by atoms with E-state index in [0.29, 0.717) is 29.9 Å². The molecule has 2 aromatic rings. The summed E-state index contributed by atoms with van der Waals surface area (Å²) in [4.78, 5) is 15.2. The third-order valence-electron chi connectivity index (χ3n) is 2.68. The summed E-state index contributed by atoms with van der Waals surface area (Å²) in [6.45, 7) is 0. The number of nitrogens with zero attached hydrogens (tertiary/aromatic N) is 3. The summed E-state index contributed by atoms with van der Waals surface area (Å²) in [5.74, 6) is 0.155. The molecule has 1 aromatic heterocycles. The first kappa shape index (κ1) is 11.5. The number of hydrazone groups is 1. The molecule has 3 rings (SSSR count). The summed E-state index contributed by atoms with van der Waals surface area (Å²) >= 11 is 0. The quantitative estimate of drug-likeness (QED) is 0.887. The Morgan fingerprint density at radius 1 is 1.21 bits per heavy atom. The fourth-order valence-electron chi connectivity index (χ4n) is 1.69. The second-order valence-corrected chi connectivity index (χ2v) is 4.02. The predicted molar refractivity (Wildman–Crippen MR) is 63.6 cm³/mol. The van der Waals surface area contributed by atoms with E-state index in [9.17, 15) is 9.18 Å². The Bertz CT molecular complexity index is 648. The van der Waals surface area contributed by atoms with Crippen molar-refractivity contribution in [1.82, 2.24) is 15.6 Å². The van der Waals surface area contributed by atoms with Crippen molar-refractivity contribution in [2.24, 2.45) is 5.10 Å². The van der Waals surface area contributed by atoms with Crippen molar-refractivity contribution in [3.63, 3.8) is 0 Å². The monoisotopic (exact) mass is 260 g/mol. The van der Waals surface area contributed by atoms with Crippen LogP contribution in [0.25, 0.3) is 11.4 Å². The maximum absolute atomic E-state index is 12.8. The third kappa shape index (κ3) is 2.35. The summed E-state index contributed by atoms with van der Waals surface area (Å²) in [6.07, 6.45) is 0.796. The van der Waals surface area contributed by atoms with Crippen LogP contribution < -0.4 is 5.43 Å². The molecule has 1 aliphatic rings. The molecule has 1 amide bonds. The molecule has 0 aliphatic carbocycles. The van der Waals surface area contributed by atoms with Gasteiger partial charge < -0.3 is 4.52 Å². The molecule has 0 bridgehead atoms. The van der Waals surface area contributed by atoms with Crippen molar-refractivity contribution < 1.29 is 13.7 Å². The molecule has 6 nitrogen and oxygen atoms in total. The van der Waals surface area contributed by atoms with Gasteiger partial charge in [0, 0.05) is 18.4 Å². The summed E-state index contributed by atoms with van der Waals surface area (Å²) < 4.78 is 17.9. The van der Waals surface area contributed by atoms with Gasteiger partial charge in [-0.1, -0.05) is 5.16 Å². The fraction of sp³-hybridized carbons (Fsp3) is 0.167. The van der Waals surface area contributed by atoms with Gasteiger partial charge in [0.1, 0.15) is 11.5 Å². The maximum atomic E-state index is 12.8. The number of halogens is 1. The SMILES string of the molecule is O=C1CCC(c2nc(-c3ccc(F)cc3)no2)=NN1. The number of carbonyl (C=O) groups is 1. The molecule has 1 N–H and O–H groups in total. The lowest BCUT2D eigenvalue weighted by molar-refractivity contribution is -0.121. The zero-order valence-electron chi connectivity index (χ0n) is 9.76. The summed E-state index contributed by atoms with van der Waals surface area (Å²) in [5, 5.41) is 7.67. The molecule has 0 atom stereocenters. The molecule has 0 fully saturated rings. The van der Waals surface area contributed by atoms with Crippen LogP contribution in [0.5, 0.6) is 0 Å². The maximum Gasteiger partial charge on any atom is 0.274 e. The third-order valence-corrected chi connectivity index (χ3v) is 2.68. The van der Waals surface area contributed by atoms with Gasteiger partial charge in [-0.3, -0.25) is 4.79 Å². The number of nitrogens with one attached hydrogen (secondary N) is 1. The summed E-state index contributed by atoms with van der Waals surface area (Å²) in [5.41, 5.74) is 3.55. The highest BCUT2D eigenvalue weighted by atomic mass is 19.1. The van der Waals surface area contributed by atoms with E-state index in [1.54, 1.807) is 12.1 Å². The van der Waals surface area contributed by atoms with E-state index in [1.165, 1.54) is 12.1 Å². The van der Waals surface area contributed by atoms with E-state index in [-0.39, 0.29) is 17.6 Å². The molecule has 1 aliphatic heterocycles. The summed E-state index contributed by atoms with van der Waals surface area (Å²) in [7, 11) is 0. The molecule has 0 saturated heterocycles. The van der Waals surface area contributed by atoms with Gasteiger partial charge in [0.2, 0.25) is 11.7 Å². The Balaban J connectivity index is 1.87. The van der Waals surface area contributed by atoms with Gasteiger partial charge >= 0.3 is 0 Å². The number of amides is 1. The minimum Gasteiger partial charge on any atom is -0.332 e. The van der Waals surface area contributed by atoms with E-state index < -0.39 is 0 Å². The number of rotatable bonds is 2. The van der Waals surface area contributed by atoms with Crippen molar-refractivity contribution in [2.75, 3.05) is 0 Å². The van der Waals surface area contributed by atoms with Crippen LogP contribution in [0.3, 0.4) is 0 Å². The Hall–Kier alpha value is -2.57. The molecule has 2 heterocycles. The second-order valence-electron chi connectivity index (χ2n) is 4.02. The van der Waals surface area contributed by atoms with E-state index in [1.807, 2.05) is 0 Å². The van der Waals surface area contributed by atoms with Crippen LogP contribution in [0, 0.1) is 5.82 Å². The molecular weight excluding hydrogens is 251 g/mol.